The molecule has 1 heterocycles. The minimum Gasteiger partial charge on any atom is -0.457 e. The third kappa shape index (κ3) is 3.72. The minimum atomic E-state index is -0.0619. The number of hydrogen-bond acceptors (Lipinski definition) is 3. The van der Waals surface area contributed by atoms with Crippen molar-refractivity contribution < 1.29 is 9.53 Å². The summed E-state index contributed by atoms with van der Waals surface area (Å²) < 4.78 is 7.55. The zero-order chi connectivity index (χ0) is 18.8. The molecule has 2 aromatic carbocycles. The molecular weight excluding hydrogens is 338 g/mol. The Kier molecular flexibility index (Phi) is 4.67. The fourth-order valence-electron chi connectivity index (χ4n) is 3.49. The number of hydrogen-bond donors (Lipinski definition) is 1. The van der Waals surface area contributed by atoms with Gasteiger partial charge in [-0.2, -0.15) is 5.10 Å². The quantitative estimate of drug-likeness (QED) is 0.749. The van der Waals surface area contributed by atoms with E-state index in [2.05, 4.69) is 10.4 Å². The van der Waals surface area contributed by atoms with Gasteiger partial charge in [0.2, 0.25) is 0 Å². The van der Waals surface area contributed by atoms with Crippen molar-refractivity contribution in [2.45, 2.75) is 32.7 Å². The predicted octanol–water partition coefficient (Wildman–Crippen LogP) is 3.94. The summed E-state index contributed by atoms with van der Waals surface area (Å²) in [6.45, 7) is 2.52. The van der Waals surface area contributed by atoms with Crippen molar-refractivity contribution in [2.75, 3.05) is 0 Å². The van der Waals surface area contributed by atoms with Gasteiger partial charge < -0.3 is 10.1 Å². The molecule has 0 fully saturated rings. The average molecular weight is 361 g/mol. The number of ether oxygens (including phenoxy) is 1. The van der Waals surface area contributed by atoms with Gasteiger partial charge in [-0.1, -0.05) is 29.8 Å². The number of fused-ring (bicyclic) bond motifs is 1. The number of rotatable bonds is 5. The summed E-state index contributed by atoms with van der Waals surface area (Å²) in [5, 5.41) is 7.47. The topological polar surface area (TPSA) is 56.1 Å². The van der Waals surface area contributed by atoms with Gasteiger partial charge in [0, 0.05) is 19.2 Å². The van der Waals surface area contributed by atoms with Gasteiger partial charge in [0.15, 0.2) is 0 Å². The Balaban J connectivity index is 1.37. The van der Waals surface area contributed by atoms with Gasteiger partial charge >= 0.3 is 0 Å². The largest absolute Gasteiger partial charge is 0.457 e. The number of benzene rings is 2. The summed E-state index contributed by atoms with van der Waals surface area (Å²) in [4.78, 5) is 12.6. The first-order chi connectivity index (χ1) is 13.1. The van der Waals surface area contributed by atoms with Gasteiger partial charge in [0.25, 0.3) is 5.91 Å². The molecule has 1 aliphatic rings. The molecule has 138 valence electrons. The van der Waals surface area contributed by atoms with E-state index in [9.17, 15) is 4.79 Å². The summed E-state index contributed by atoms with van der Waals surface area (Å²) in [5.41, 5.74) is 5.10. The molecule has 27 heavy (non-hydrogen) atoms. The van der Waals surface area contributed by atoms with Crippen molar-refractivity contribution in [1.82, 2.24) is 15.1 Å². The summed E-state index contributed by atoms with van der Waals surface area (Å²) in [7, 11) is 1.84. The number of aryl methyl sites for hydroxylation is 3. The Labute approximate surface area is 159 Å². The van der Waals surface area contributed by atoms with E-state index >= 15 is 0 Å². The first kappa shape index (κ1) is 17.3. The number of nitrogens with one attached hydrogen (secondary N) is 1. The van der Waals surface area contributed by atoms with Crippen molar-refractivity contribution in [3.8, 4) is 11.5 Å². The lowest BCUT2D eigenvalue weighted by Gasteiger charge is -2.09. The maximum Gasteiger partial charge on any atom is 0.270 e. The van der Waals surface area contributed by atoms with Crippen molar-refractivity contribution >= 4 is 5.91 Å². The molecule has 0 atom stereocenters. The fraction of sp³-hybridized carbons (Fsp3) is 0.273. The molecule has 1 N–H and O–H groups in total. The Bertz CT molecular complexity index is 956. The summed E-state index contributed by atoms with van der Waals surface area (Å²) in [6.07, 6.45) is 3.00. The normalized spacial score (nSPS) is 12.7. The molecule has 1 amide bonds. The summed E-state index contributed by atoms with van der Waals surface area (Å²) in [6, 6.07) is 15.7. The van der Waals surface area contributed by atoms with Crippen LogP contribution in [0, 0.1) is 6.92 Å². The van der Waals surface area contributed by atoms with E-state index in [0.717, 1.165) is 47.6 Å². The van der Waals surface area contributed by atoms with Crippen LogP contribution in [0.2, 0.25) is 0 Å². The Morgan fingerprint density at radius 2 is 1.74 bits per heavy atom. The minimum absolute atomic E-state index is 0.0619. The maximum absolute atomic E-state index is 12.6. The molecule has 1 aliphatic carbocycles. The van der Waals surface area contributed by atoms with E-state index in [1.807, 2.05) is 62.5 Å². The lowest BCUT2D eigenvalue weighted by Crippen LogP contribution is -2.26. The number of carbonyl (C=O) groups excluding carboxylic acids is 1. The third-order valence-electron chi connectivity index (χ3n) is 4.92. The molecule has 5 nitrogen and oxygen atoms in total. The first-order valence-corrected chi connectivity index (χ1v) is 9.26. The third-order valence-corrected chi connectivity index (χ3v) is 4.92. The van der Waals surface area contributed by atoms with Crippen molar-refractivity contribution in [2.24, 2.45) is 7.05 Å². The van der Waals surface area contributed by atoms with Crippen molar-refractivity contribution in [3.63, 3.8) is 0 Å². The highest BCUT2D eigenvalue weighted by Gasteiger charge is 2.24. The molecule has 5 heteroatoms. The second kappa shape index (κ2) is 7.27. The number of aromatic nitrogens is 2. The van der Waals surface area contributed by atoms with Crippen LogP contribution in [0.15, 0.2) is 48.5 Å². The van der Waals surface area contributed by atoms with Crippen LogP contribution in [0.3, 0.4) is 0 Å². The zero-order valence-corrected chi connectivity index (χ0v) is 15.7. The number of carbonyl (C=O) groups is 1. The van der Waals surface area contributed by atoms with Gasteiger partial charge in [-0.05, 0) is 56.0 Å². The maximum atomic E-state index is 12.6. The molecule has 0 bridgehead atoms. The van der Waals surface area contributed by atoms with Crippen molar-refractivity contribution in [1.29, 1.82) is 0 Å². The molecule has 3 aromatic rings. The van der Waals surface area contributed by atoms with E-state index in [4.69, 9.17) is 4.74 Å². The molecule has 1 aromatic heterocycles. The molecular formula is C22H23N3O2. The lowest BCUT2D eigenvalue weighted by atomic mass is 10.1. The van der Waals surface area contributed by atoms with E-state index < -0.39 is 0 Å². The van der Waals surface area contributed by atoms with Crippen molar-refractivity contribution in [3.05, 3.63) is 76.6 Å². The zero-order valence-electron chi connectivity index (χ0n) is 15.7. The Hall–Kier alpha value is -3.08. The van der Waals surface area contributed by atoms with Crippen LogP contribution >= 0.6 is 0 Å². The highest BCUT2D eigenvalue weighted by Crippen LogP contribution is 2.25. The van der Waals surface area contributed by atoms with Gasteiger partial charge in [0.1, 0.15) is 17.2 Å². The highest BCUT2D eigenvalue weighted by molar-refractivity contribution is 5.94. The Morgan fingerprint density at radius 1 is 1.07 bits per heavy atom. The SMILES string of the molecule is Cc1ccc(Oc2ccc(CNC(=O)c3c4c(nn3C)CCC4)cc2)cc1. The first-order valence-electron chi connectivity index (χ1n) is 9.26. The second-order valence-corrected chi connectivity index (χ2v) is 6.99. The van der Waals surface area contributed by atoms with Crippen LogP contribution in [-0.2, 0) is 26.4 Å². The van der Waals surface area contributed by atoms with Gasteiger partial charge in [-0.25, -0.2) is 0 Å². The monoisotopic (exact) mass is 361 g/mol. The molecule has 0 spiro atoms. The van der Waals surface area contributed by atoms with Gasteiger partial charge in [-0.15, -0.1) is 0 Å². The molecule has 0 aliphatic heterocycles. The second-order valence-electron chi connectivity index (χ2n) is 6.99. The summed E-state index contributed by atoms with van der Waals surface area (Å²) >= 11 is 0. The lowest BCUT2D eigenvalue weighted by molar-refractivity contribution is 0.0940. The summed E-state index contributed by atoms with van der Waals surface area (Å²) in [5.74, 6) is 1.53. The van der Waals surface area contributed by atoms with Crippen LogP contribution in [0.25, 0.3) is 0 Å². The fourth-order valence-corrected chi connectivity index (χ4v) is 3.49. The van der Waals surface area contributed by atoms with Crippen LogP contribution in [0.4, 0.5) is 0 Å². The molecule has 4 rings (SSSR count). The molecule has 0 saturated carbocycles. The van der Waals surface area contributed by atoms with E-state index in [1.54, 1.807) is 4.68 Å². The molecule has 0 radical (unpaired) electrons. The van der Waals surface area contributed by atoms with E-state index in [1.165, 1.54) is 5.56 Å². The number of nitrogens with zero attached hydrogens (tertiary/aromatic N) is 2. The van der Waals surface area contributed by atoms with Crippen LogP contribution in [0.5, 0.6) is 11.5 Å². The average Bonchev–Trinajstić information content (AvgIpc) is 3.23. The molecule has 0 unspecified atom stereocenters. The number of amides is 1. The smallest absolute Gasteiger partial charge is 0.270 e. The Morgan fingerprint density at radius 3 is 2.44 bits per heavy atom. The van der Waals surface area contributed by atoms with Crippen LogP contribution < -0.4 is 10.1 Å². The standard InChI is InChI=1S/C22H23N3O2/c1-15-6-10-17(11-7-15)27-18-12-8-16(9-13-18)14-23-22(26)21-19-4-3-5-20(19)24-25(21)2/h6-13H,3-5,14H2,1-2H3,(H,23,26). The van der Waals surface area contributed by atoms with Crippen LogP contribution in [-0.4, -0.2) is 15.7 Å². The van der Waals surface area contributed by atoms with Gasteiger partial charge in [-0.3, -0.25) is 9.48 Å². The molecule has 0 saturated heterocycles. The highest BCUT2D eigenvalue weighted by atomic mass is 16.5. The van der Waals surface area contributed by atoms with Crippen LogP contribution in [0.1, 0.15) is 39.3 Å². The van der Waals surface area contributed by atoms with E-state index in [-0.39, 0.29) is 5.91 Å². The van der Waals surface area contributed by atoms with E-state index in [0.29, 0.717) is 12.2 Å². The predicted molar refractivity (Wildman–Crippen MR) is 104 cm³/mol. The van der Waals surface area contributed by atoms with Gasteiger partial charge in [0.05, 0.1) is 5.69 Å².